The van der Waals surface area contributed by atoms with Gasteiger partial charge in [-0.25, -0.2) is 4.98 Å². The van der Waals surface area contributed by atoms with Crippen molar-refractivity contribution in [3.63, 3.8) is 0 Å². The average molecular weight is 304 g/mol. The maximum atomic E-state index is 12.3. The molecule has 1 amide bonds. The summed E-state index contributed by atoms with van der Waals surface area (Å²) >= 11 is 0. The molecule has 6 nitrogen and oxygen atoms in total. The van der Waals surface area contributed by atoms with Crippen molar-refractivity contribution in [2.45, 2.75) is 40.2 Å². The van der Waals surface area contributed by atoms with E-state index in [9.17, 15) is 4.79 Å². The van der Waals surface area contributed by atoms with Gasteiger partial charge in [0.05, 0.1) is 23.1 Å². The fourth-order valence-electron chi connectivity index (χ4n) is 2.35. The lowest BCUT2D eigenvalue weighted by Gasteiger charge is -2.09. The van der Waals surface area contributed by atoms with Gasteiger partial charge in [-0.1, -0.05) is 0 Å². The van der Waals surface area contributed by atoms with E-state index in [0.717, 1.165) is 23.1 Å². The highest BCUT2D eigenvalue weighted by Crippen LogP contribution is 2.19. The standard InChI is InChI=1S/C16H24N4O2/c1-10(2)22-8-6-7-17-16(21)14-9-13-12(4)19-20(5)15(13)18-11(14)3/h9-10H,6-8H2,1-5H3,(H,17,21). The Balaban J connectivity index is 2.05. The third kappa shape index (κ3) is 3.62. The quantitative estimate of drug-likeness (QED) is 0.830. The highest BCUT2D eigenvalue weighted by atomic mass is 16.5. The van der Waals surface area contributed by atoms with Gasteiger partial charge in [-0.2, -0.15) is 5.10 Å². The molecule has 0 radical (unpaired) electrons. The van der Waals surface area contributed by atoms with E-state index in [4.69, 9.17) is 4.74 Å². The second-order valence-corrected chi connectivity index (χ2v) is 5.73. The molecule has 0 bridgehead atoms. The highest BCUT2D eigenvalue weighted by molar-refractivity contribution is 5.98. The molecular formula is C16H24N4O2. The topological polar surface area (TPSA) is 69.0 Å². The molecule has 1 N–H and O–H groups in total. The van der Waals surface area contributed by atoms with Crippen LogP contribution in [0.15, 0.2) is 6.07 Å². The molecule has 0 spiro atoms. The van der Waals surface area contributed by atoms with E-state index in [1.165, 1.54) is 0 Å². The molecule has 22 heavy (non-hydrogen) atoms. The molecule has 0 atom stereocenters. The Bertz CT molecular complexity index is 676. The number of pyridine rings is 1. The van der Waals surface area contributed by atoms with Crippen molar-refractivity contribution in [1.29, 1.82) is 0 Å². The SMILES string of the molecule is Cc1nc2c(cc1C(=O)NCCCOC(C)C)c(C)nn2C. The summed E-state index contributed by atoms with van der Waals surface area (Å²) in [5.74, 6) is -0.0975. The number of nitrogens with one attached hydrogen (secondary N) is 1. The number of hydrogen-bond acceptors (Lipinski definition) is 4. The molecule has 0 saturated carbocycles. The van der Waals surface area contributed by atoms with Crippen LogP contribution in [0.1, 0.15) is 42.0 Å². The second kappa shape index (κ2) is 6.87. The van der Waals surface area contributed by atoms with Gasteiger partial charge >= 0.3 is 0 Å². The van der Waals surface area contributed by atoms with Gasteiger partial charge in [0.15, 0.2) is 5.65 Å². The molecule has 2 aromatic rings. The zero-order chi connectivity index (χ0) is 16.3. The third-order valence-corrected chi connectivity index (χ3v) is 3.49. The van der Waals surface area contributed by atoms with Gasteiger partial charge < -0.3 is 10.1 Å². The van der Waals surface area contributed by atoms with E-state index in [0.29, 0.717) is 24.4 Å². The van der Waals surface area contributed by atoms with Crippen LogP contribution in [0, 0.1) is 13.8 Å². The molecule has 120 valence electrons. The maximum absolute atomic E-state index is 12.3. The predicted octanol–water partition coefficient (Wildman–Crippen LogP) is 2.13. The Kier molecular flexibility index (Phi) is 5.13. The smallest absolute Gasteiger partial charge is 0.253 e. The van der Waals surface area contributed by atoms with Crippen molar-refractivity contribution in [3.05, 3.63) is 23.0 Å². The molecule has 0 aliphatic carbocycles. The first-order chi connectivity index (χ1) is 10.4. The number of hydrogen-bond donors (Lipinski definition) is 1. The number of ether oxygens (including phenoxy) is 1. The summed E-state index contributed by atoms with van der Waals surface area (Å²) in [5.41, 5.74) is 3.00. The van der Waals surface area contributed by atoms with Gasteiger partial charge in [-0.3, -0.25) is 9.48 Å². The van der Waals surface area contributed by atoms with Crippen molar-refractivity contribution >= 4 is 16.9 Å². The first-order valence-electron chi connectivity index (χ1n) is 7.61. The van der Waals surface area contributed by atoms with Gasteiger partial charge in [-0.15, -0.1) is 0 Å². The van der Waals surface area contributed by atoms with Crippen LogP contribution in [0.3, 0.4) is 0 Å². The summed E-state index contributed by atoms with van der Waals surface area (Å²) in [6.07, 6.45) is 1.02. The van der Waals surface area contributed by atoms with Crippen LogP contribution in [-0.2, 0) is 11.8 Å². The number of carbonyl (C=O) groups is 1. The van der Waals surface area contributed by atoms with Crippen LogP contribution in [0.25, 0.3) is 11.0 Å². The lowest BCUT2D eigenvalue weighted by molar-refractivity contribution is 0.0757. The van der Waals surface area contributed by atoms with Gasteiger partial charge in [0.25, 0.3) is 5.91 Å². The first-order valence-corrected chi connectivity index (χ1v) is 7.61. The maximum Gasteiger partial charge on any atom is 0.253 e. The molecule has 2 heterocycles. The van der Waals surface area contributed by atoms with E-state index >= 15 is 0 Å². The first kappa shape index (κ1) is 16.4. The highest BCUT2D eigenvalue weighted by Gasteiger charge is 2.15. The largest absolute Gasteiger partial charge is 0.379 e. The van der Waals surface area contributed by atoms with Gasteiger partial charge in [0.2, 0.25) is 0 Å². The molecule has 0 fully saturated rings. The fourth-order valence-corrected chi connectivity index (χ4v) is 2.35. The van der Waals surface area contributed by atoms with Crippen molar-refractivity contribution in [3.8, 4) is 0 Å². The average Bonchev–Trinajstić information content (AvgIpc) is 2.71. The minimum Gasteiger partial charge on any atom is -0.379 e. The predicted molar refractivity (Wildman–Crippen MR) is 86.0 cm³/mol. The second-order valence-electron chi connectivity index (χ2n) is 5.73. The molecule has 2 aromatic heterocycles. The molecule has 0 aromatic carbocycles. The number of fused-ring (bicyclic) bond motifs is 1. The van der Waals surface area contributed by atoms with E-state index in [2.05, 4.69) is 15.4 Å². The van der Waals surface area contributed by atoms with Gasteiger partial charge in [0.1, 0.15) is 0 Å². The summed E-state index contributed by atoms with van der Waals surface area (Å²) in [6.45, 7) is 9.01. The Morgan fingerprint density at radius 1 is 1.36 bits per heavy atom. The molecule has 6 heteroatoms. The van der Waals surface area contributed by atoms with Crippen molar-refractivity contribution in [1.82, 2.24) is 20.1 Å². The summed E-state index contributed by atoms with van der Waals surface area (Å²) in [7, 11) is 1.86. The van der Waals surface area contributed by atoms with E-state index in [1.807, 2.05) is 40.8 Å². The Labute approximate surface area is 130 Å². The molecule has 0 saturated heterocycles. The lowest BCUT2D eigenvalue weighted by Crippen LogP contribution is -2.26. The zero-order valence-corrected chi connectivity index (χ0v) is 13.9. The van der Waals surface area contributed by atoms with Crippen molar-refractivity contribution in [2.75, 3.05) is 13.2 Å². The zero-order valence-electron chi connectivity index (χ0n) is 13.9. The third-order valence-electron chi connectivity index (χ3n) is 3.49. The number of nitrogens with zero attached hydrogens (tertiary/aromatic N) is 3. The van der Waals surface area contributed by atoms with Crippen LogP contribution in [-0.4, -0.2) is 39.9 Å². The van der Waals surface area contributed by atoms with Crippen LogP contribution in [0.5, 0.6) is 0 Å². The number of aromatic nitrogens is 3. The fraction of sp³-hybridized carbons (Fsp3) is 0.562. The number of rotatable bonds is 6. The molecule has 0 unspecified atom stereocenters. The van der Waals surface area contributed by atoms with Crippen molar-refractivity contribution < 1.29 is 9.53 Å². The Morgan fingerprint density at radius 3 is 2.77 bits per heavy atom. The number of amides is 1. The van der Waals surface area contributed by atoms with E-state index < -0.39 is 0 Å². The normalized spacial score (nSPS) is 11.4. The van der Waals surface area contributed by atoms with Crippen LogP contribution >= 0.6 is 0 Å². The molecule has 2 rings (SSSR count). The minimum absolute atomic E-state index is 0.0975. The number of carbonyl (C=O) groups excluding carboxylic acids is 1. The molecular weight excluding hydrogens is 280 g/mol. The Morgan fingerprint density at radius 2 is 2.09 bits per heavy atom. The van der Waals surface area contributed by atoms with Crippen molar-refractivity contribution in [2.24, 2.45) is 7.05 Å². The summed E-state index contributed by atoms with van der Waals surface area (Å²) in [5, 5.41) is 8.18. The van der Waals surface area contributed by atoms with Gasteiger partial charge in [-0.05, 0) is 40.2 Å². The van der Waals surface area contributed by atoms with Gasteiger partial charge in [0, 0.05) is 25.6 Å². The van der Waals surface area contributed by atoms with E-state index in [-0.39, 0.29) is 12.0 Å². The Hall–Kier alpha value is -1.95. The minimum atomic E-state index is -0.0975. The number of aryl methyl sites for hydroxylation is 3. The lowest BCUT2D eigenvalue weighted by atomic mass is 10.1. The molecule has 0 aliphatic heterocycles. The summed E-state index contributed by atoms with van der Waals surface area (Å²) in [6, 6.07) is 1.87. The van der Waals surface area contributed by atoms with E-state index in [1.54, 1.807) is 4.68 Å². The summed E-state index contributed by atoms with van der Waals surface area (Å²) in [4.78, 5) is 16.8. The monoisotopic (exact) mass is 304 g/mol. The molecule has 0 aliphatic rings. The van der Waals surface area contributed by atoms with Crippen LogP contribution in [0.4, 0.5) is 0 Å². The van der Waals surface area contributed by atoms with Crippen LogP contribution in [0.2, 0.25) is 0 Å². The summed E-state index contributed by atoms with van der Waals surface area (Å²) < 4.78 is 7.19. The van der Waals surface area contributed by atoms with Crippen LogP contribution < -0.4 is 5.32 Å².